The number of hydrogen-bond acceptors (Lipinski definition) is 3. The number of nitrogens with zero attached hydrogens (tertiary/aromatic N) is 2. The summed E-state index contributed by atoms with van der Waals surface area (Å²) >= 11 is 0. The average molecular weight is 336 g/mol. The largest absolute Gasteiger partial charge is 0.481 e. The predicted molar refractivity (Wildman–Crippen MR) is 72.4 cm³/mol. The molecule has 2 amide bonds. The van der Waals surface area contributed by atoms with Crippen LogP contribution in [0.3, 0.4) is 0 Å². The minimum Gasteiger partial charge on any atom is -0.481 e. The Bertz CT molecular complexity index is 509. The van der Waals surface area contributed by atoms with Crippen LogP contribution in [0.15, 0.2) is 0 Å². The fourth-order valence-corrected chi connectivity index (χ4v) is 3.02. The van der Waals surface area contributed by atoms with Crippen molar-refractivity contribution in [3.8, 4) is 0 Å². The highest BCUT2D eigenvalue weighted by atomic mass is 19.4. The van der Waals surface area contributed by atoms with Gasteiger partial charge in [-0.3, -0.25) is 14.4 Å². The number of likely N-dealkylation sites (tertiary alicyclic amines) is 2. The van der Waals surface area contributed by atoms with Gasteiger partial charge >= 0.3 is 12.1 Å². The molecule has 6 nitrogen and oxygen atoms in total. The quantitative estimate of drug-likeness (QED) is 0.841. The van der Waals surface area contributed by atoms with Crippen molar-refractivity contribution in [3.63, 3.8) is 0 Å². The molecular formula is C14H19F3N2O4. The molecule has 2 aliphatic rings. The van der Waals surface area contributed by atoms with Crippen LogP contribution in [-0.4, -0.2) is 65.0 Å². The van der Waals surface area contributed by atoms with Crippen LogP contribution in [0.1, 0.15) is 32.1 Å². The number of amides is 2. The topological polar surface area (TPSA) is 77.9 Å². The van der Waals surface area contributed by atoms with E-state index in [4.69, 9.17) is 5.11 Å². The Labute approximate surface area is 131 Å². The highest BCUT2D eigenvalue weighted by Crippen LogP contribution is 2.45. The van der Waals surface area contributed by atoms with Crippen molar-refractivity contribution >= 4 is 17.8 Å². The molecule has 0 aliphatic carbocycles. The maximum atomic E-state index is 13.1. The van der Waals surface area contributed by atoms with E-state index in [2.05, 4.69) is 0 Å². The van der Waals surface area contributed by atoms with Crippen LogP contribution in [0.2, 0.25) is 0 Å². The van der Waals surface area contributed by atoms with Crippen LogP contribution < -0.4 is 0 Å². The van der Waals surface area contributed by atoms with Crippen LogP contribution in [0.4, 0.5) is 13.2 Å². The summed E-state index contributed by atoms with van der Waals surface area (Å²) in [5, 5.41) is 8.98. The van der Waals surface area contributed by atoms with E-state index in [0.29, 0.717) is 13.0 Å². The fourth-order valence-electron chi connectivity index (χ4n) is 3.02. The molecule has 1 atom stereocenters. The van der Waals surface area contributed by atoms with Gasteiger partial charge < -0.3 is 14.9 Å². The van der Waals surface area contributed by atoms with Gasteiger partial charge in [0.05, 0.1) is 6.54 Å². The molecule has 9 heteroatoms. The smallest absolute Gasteiger partial charge is 0.406 e. The van der Waals surface area contributed by atoms with Crippen molar-refractivity contribution in [3.05, 3.63) is 0 Å². The van der Waals surface area contributed by atoms with E-state index in [1.54, 1.807) is 0 Å². The minimum absolute atomic E-state index is 0.185. The Morgan fingerprint density at radius 1 is 1.17 bits per heavy atom. The number of carboxylic acids is 1. The van der Waals surface area contributed by atoms with Gasteiger partial charge in [0, 0.05) is 26.1 Å². The highest BCUT2D eigenvalue weighted by Gasteiger charge is 2.64. The second-order valence-corrected chi connectivity index (χ2v) is 6.08. The lowest BCUT2D eigenvalue weighted by atomic mass is 9.86. The number of alkyl halides is 3. The lowest BCUT2D eigenvalue weighted by Gasteiger charge is -2.28. The summed E-state index contributed by atoms with van der Waals surface area (Å²) in [6, 6.07) is 0. The molecule has 0 aromatic rings. The molecule has 2 heterocycles. The van der Waals surface area contributed by atoms with E-state index in [-0.39, 0.29) is 19.0 Å². The van der Waals surface area contributed by atoms with Crippen molar-refractivity contribution in [2.24, 2.45) is 5.41 Å². The van der Waals surface area contributed by atoms with Crippen molar-refractivity contribution in [1.29, 1.82) is 0 Å². The Hall–Kier alpha value is -1.80. The molecule has 130 valence electrons. The summed E-state index contributed by atoms with van der Waals surface area (Å²) in [7, 11) is 0. The highest BCUT2D eigenvalue weighted by molar-refractivity contribution is 5.86. The minimum atomic E-state index is -4.92. The molecule has 0 aromatic heterocycles. The fraction of sp³-hybridized carbons (Fsp3) is 0.786. The van der Waals surface area contributed by atoms with E-state index < -0.39 is 36.4 Å². The van der Waals surface area contributed by atoms with Gasteiger partial charge in [0.15, 0.2) is 5.41 Å². The van der Waals surface area contributed by atoms with Gasteiger partial charge in [-0.1, -0.05) is 6.42 Å². The van der Waals surface area contributed by atoms with Gasteiger partial charge in [0.2, 0.25) is 11.8 Å². The van der Waals surface area contributed by atoms with Crippen molar-refractivity contribution in [2.75, 3.05) is 26.2 Å². The average Bonchev–Trinajstić information content (AvgIpc) is 2.83. The Kier molecular flexibility index (Phi) is 4.86. The molecule has 0 radical (unpaired) electrons. The third-order valence-electron chi connectivity index (χ3n) is 4.57. The Morgan fingerprint density at radius 2 is 1.87 bits per heavy atom. The van der Waals surface area contributed by atoms with Gasteiger partial charge in [-0.05, 0) is 19.3 Å². The Balaban J connectivity index is 2.04. The maximum Gasteiger partial charge on any atom is 0.406 e. The molecule has 0 spiro atoms. The van der Waals surface area contributed by atoms with Crippen molar-refractivity contribution in [1.82, 2.24) is 9.80 Å². The second kappa shape index (κ2) is 6.37. The van der Waals surface area contributed by atoms with Crippen LogP contribution in [0, 0.1) is 5.41 Å². The molecule has 2 aliphatic heterocycles. The maximum absolute atomic E-state index is 13.1. The zero-order valence-electron chi connectivity index (χ0n) is 12.6. The van der Waals surface area contributed by atoms with Crippen molar-refractivity contribution < 1.29 is 32.7 Å². The number of rotatable bonds is 3. The first-order valence-electron chi connectivity index (χ1n) is 7.53. The number of carbonyl (C=O) groups excluding carboxylic acids is 2. The monoisotopic (exact) mass is 336 g/mol. The summed E-state index contributed by atoms with van der Waals surface area (Å²) in [6.45, 7) is -1.05. The molecule has 0 aromatic carbocycles. The summed E-state index contributed by atoms with van der Waals surface area (Å²) < 4.78 is 39.3. The lowest BCUT2D eigenvalue weighted by Crippen LogP contribution is -2.49. The van der Waals surface area contributed by atoms with E-state index in [0.717, 1.165) is 24.2 Å². The molecule has 1 unspecified atom stereocenters. The van der Waals surface area contributed by atoms with E-state index >= 15 is 0 Å². The molecular weight excluding hydrogens is 317 g/mol. The molecule has 2 saturated heterocycles. The molecule has 0 bridgehead atoms. The van der Waals surface area contributed by atoms with Gasteiger partial charge in [-0.2, -0.15) is 13.2 Å². The third-order valence-corrected chi connectivity index (χ3v) is 4.57. The molecule has 23 heavy (non-hydrogen) atoms. The number of carbonyl (C=O) groups is 3. The first kappa shape index (κ1) is 17.6. The van der Waals surface area contributed by atoms with Crippen LogP contribution in [0.25, 0.3) is 0 Å². The zero-order valence-corrected chi connectivity index (χ0v) is 12.6. The van der Waals surface area contributed by atoms with Crippen molar-refractivity contribution in [2.45, 2.75) is 38.3 Å². The summed E-state index contributed by atoms with van der Waals surface area (Å²) in [5.41, 5.74) is -2.91. The lowest BCUT2D eigenvalue weighted by molar-refractivity contribution is -0.227. The first-order valence-corrected chi connectivity index (χ1v) is 7.53. The summed E-state index contributed by atoms with van der Waals surface area (Å²) in [6.07, 6.45) is -2.90. The van der Waals surface area contributed by atoms with Gasteiger partial charge in [0.1, 0.15) is 0 Å². The van der Waals surface area contributed by atoms with Gasteiger partial charge in [0.25, 0.3) is 0 Å². The van der Waals surface area contributed by atoms with Crippen LogP contribution in [0.5, 0.6) is 0 Å². The van der Waals surface area contributed by atoms with E-state index in [1.807, 2.05) is 0 Å². The Morgan fingerprint density at radius 3 is 2.43 bits per heavy atom. The number of aliphatic carboxylic acids is 1. The number of halogens is 3. The van der Waals surface area contributed by atoms with Crippen LogP contribution in [-0.2, 0) is 14.4 Å². The number of carboxylic acid groups (broad SMARTS) is 1. The van der Waals surface area contributed by atoms with Crippen LogP contribution >= 0.6 is 0 Å². The molecule has 2 fully saturated rings. The third kappa shape index (κ3) is 3.42. The van der Waals surface area contributed by atoms with E-state index in [1.165, 1.54) is 4.90 Å². The van der Waals surface area contributed by atoms with Gasteiger partial charge in [-0.15, -0.1) is 0 Å². The zero-order chi connectivity index (χ0) is 17.3. The number of hydrogen-bond donors (Lipinski definition) is 1. The SMILES string of the molecule is O=C1CCCCCN1CC(=O)N1CCC(C(=O)O)(C(F)(F)F)C1. The summed E-state index contributed by atoms with van der Waals surface area (Å²) in [5.74, 6) is -2.78. The van der Waals surface area contributed by atoms with Gasteiger partial charge in [-0.25, -0.2) is 0 Å². The molecule has 1 N–H and O–H groups in total. The first-order chi connectivity index (χ1) is 10.7. The summed E-state index contributed by atoms with van der Waals surface area (Å²) in [4.78, 5) is 37.4. The predicted octanol–water partition coefficient (Wildman–Crippen LogP) is 1.25. The standard InChI is InChI=1S/C14H19F3N2O4/c15-14(16,17)13(12(22)23)5-7-19(9-13)11(21)8-18-6-3-1-2-4-10(18)20/h1-9H2,(H,22,23). The molecule has 0 saturated carbocycles. The van der Waals surface area contributed by atoms with E-state index in [9.17, 15) is 27.6 Å². The normalized spacial score (nSPS) is 26.3. The molecule has 2 rings (SSSR count). The second-order valence-electron chi connectivity index (χ2n) is 6.08.